The number of hydrogen-bond donors (Lipinski definition) is 2. The molecule has 14 heavy (non-hydrogen) atoms. The fourth-order valence-corrected chi connectivity index (χ4v) is 0.698. The quantitative estimate of drug-likeness (QED) is 0.605. The number of rotatable bonds is 6. The molecule has 5 heteroatoms. The van der Waals surface area contributed by atoms with Gasteiger partial charge in [-0.1, -0.05) is 13.8 Å². The number of aliphatic carboxylic acids is 1. The summed E-state index contributed by atoms with van der Waals surface area (Å²) in [5.74, 6) is -1.13. The Bertz CT molecular complexity index is 203. The summed E-state index contributed by atoms with van der Waals surface area (Å²) in [5.41, 5.74) is 0. The Morgan fingerprint density at radius 3 is 2.36 bits per heavy atom. The molecule has 0 bridgehead atoms. The zero-order valence-corrected chi connectivity index (χ0v) is 8.74. The van der Waals surface area contributed by atoms with E-state index in [1.807, 2.05) is 13.8 Å². The van der Waals surface area contributed by atoms with E-state index in [2.05, 4.69) is 5.32 Å². The van der Waals surface area contributed by atoms with Gasteiger partial charge in [0.25, 0.3) is 0 Å². The Labute approximate surface area is 83.4 Å². The van der Waals surface area contributed by atoms with Crippen molar-refractivity contribution in [2.45, 2.75) is 26.8 Å². The van der Waals surface area contributed by atoms with Gasteiger partial charge >= 0.3 is 11.9 Å². The van der Waals surface area contributed by atoms with Gasteiger partial charge in [-0.05, 0) is 12.8 Å². The molecule has 0 fully saturated rings. The molecule has 5 nitrogen and oxygen atoms in total. The van der Waals surface area contributed by atoms with Crippen LogP contribution in [0.1, 0.15) is 20.8 Å². The fourth-order valence-electron chi connectivity index (χ4n) is 0.698. The van der Waals surface area contributed by atoms with Crippen molar-refractivity contribution in [3.8, 4) is 0 Å². The van der Waals surface area contributed by atoms with E-state index in [9.17, 15) is 9.59 Å². The van der Waals surface area contributed by atoms with Gasteiger partial charge < -0.3 is 9.84 Å². The molecule has 0 aromatic rings. The molecule has 2 N–H and O–H groups in total. The molecular weight excluding hydrogens is 186 g/mol. The van der Waals surface area contributed by atoms with E-state index in [0.717, 1.165) is 0 Å². The molecular formula is C9H17NO4. The van der Waals surface area contributed by atoms with Gasteiger partial charge in [-0.2, -0.15) is 0 Å². The molecule has 0 amide bonds. The Kier molecular flexibility index (Phi) is 5.87. The maximum atomic E-state index is 11.2. The van der Waals surface area contributed by atoms with Gasteiger partial charge in [0.1, 0.15) is 6.04 Å². The van der Waals surface area contributed by atoms with Gasteiger partial charge in [-0.15, -0.1) is 0 Å². The first-order valence-electron chi connectivity index (χ1n) is 4.55. The average molecular weight is 203 g/mol. The second kappa shape index (κ2) is 6.37. The van der Waals surface area contributed by atoms with Crippen LogP contribution in [0.15, 0.2) is 0 Å². The van der Waals surface area contributed by atoms with Crippen molar-refractivity contribution >= 4 is 11.9 Å². The Morgan fingerprint density at radius 1 is 1.36 bits per heavy atom. The fraction of sp³-hybridized carbons (Fsp3) is 0.778. The topological polar surface area (TPSA) is 75.6 Å². The third-order valence-electron chi connectivity index (χ3n) is 1.47. The van der Waals surface area contributed by atoms with Crippen LogP contribution in [-0.2, 0) is 14.3 Å². The second-order valence-electron chi connectivity index (χ2n) is 3.52. The molecule has 0 radical (unpaired) electrons. The predicted molar refractivity (Wildman–Crippen MR) is 50.9 cm³/mol. The molecule has 0 rings (SSSR count). The van der Waals surface area contributed by atoms with E-state index < -0.39 is 18.0 Å². The molecule has 0 aromatic carbocycles. The SMILES string of the molecule is CC(C)COC(=O)[C@@H](C)NCC(=O)O. The highest BCUT2D eigenvalue weighted by Gasteiger charge is 2.14. The summed E-state index contributed by atoms with van der Waals surface area (Å²) in [6, 6.07) is -0.579. The van der Waals surface area contributed by atoms with E-state index in [-0.39, 0.29) is 12.5 Å². The number of ether oxygens (including phenoxy) is 1. The van der Waals surface area contributed by atoms with Crippen molar-refractivity contribution in [2.24, 2.45) is 5.92 Å². The summed E-state index contributed by atoms with van der Waals surface area (Å²) in [4.78, 5) is 21.4. The van der Waals surface area contributed by atoms with Crippen LogP contribution in [-0.4, -0.2) is 36.2 Å². The maximum absolute atomic E-state index is 11.2. The van der Waals surface area contributed by atoms with Crippen molar-refractivity contribution in [3.05, 3.63) is 0 Å². The maximum Gasteiger partial charge on any atom is 0.322 e. The minimum Gasteiger partial charge on any atom is -0.480 e. The Hall–Kier alpha value is -1.10. The number of carboxylic acids is 1. The number of carbonyl (C=O) groups excluding carboxylic acids is 1. The summed E-state index contributed by atoms with van der Waals surface area (Å²) in [6.45, 7) is 5.56. The first-order valence-corrected chi connectivity index (χ1v) is 4.55. The lowest BCUT2D eigenvalue weighted by Gasteiger charge is -2.12. The molecule has 0 aliphatic carbocycles. The van der Waals surface area contributed by atoms with Gasteiger partial charge in [0.2, 0.25) is 0 Å². The number of nitrogens with one attached hydrogen (secondary N) is 1. The monoisotopic (exact) mass is 203 g/mol. The molecule has 0 aliphatic heterocycles. The second-order valence-corrected chi connectivity index (χ2v) is 3.52. The largest absolute Gasteiger partial charge is 0.480 e. The van der Waals surface area contributed by atoms with Gasteiger partial charge in [0.15, 0.2) is 0 Å². The van der Waals surface area contributed by atoms with Crippen LogP contribution >= 0.6 is 0 Å². The summed E-state index contributed by atoms with van der Waals surface area (Å²) < 4.78 is 4.90. The zero-order valence-electron chi connectivity index (χ0n) is 8.74. The van der Waals surface area contributed by atoms with E-state index >= 15 is 0 Å². The average Bonchev–Trinajstić information content (AvgIpc) is 2.09. The standard InChI is InChI=1S/C9H17NO4/c1-6(2)5-14-9(13)7(3)10-4-8(11)12/h6-7,10H,4-5H2,1-3H3,(H,11,12)/t7-/m1/s1. The molecule has 0 saturated carbocycles. The molecule has 0 unspecified atom stereocenters. The highest BCUT2D eigenvalue weighted by atomic mass is 16.5. The highest BCUT2D eigenvalue weighted by molar-refractivity contribution is 5.76. The Morgan fingerprint density at radius 2 is 1.93 bits per heavy atom. The van der Waals surface area contributed by atoms with Crippen molar-refractivity contribution in [1.29, 1.82) is 0 Å². The molecule has 82 valence electrons. The molecule has 0 spiro atoms. The van der Waals surface area contributed by atoms with Crippen molar-refractivity contribution < 1.29 is 19.4 Å². The van der Waals surface area contributed by atoms with Gasteiger partial charge in [-0.25, -0.2) is 0 Å². The smallest absolute Gasteiger partial charge is 0.322 e. The number of carbonyl (C=O) groups is 2. The minimum absolute atomic E-state index is 0.238. The zero-order chi connectivity index (χ0) is 11.1. The third-order valence-corrected chi connectivity index (χ3v) is 1.47. The van der Waals surface area contributed by atoms with Gasteiger partial charge in [0, 0.05) is 0 Å². The summed E-state index contributed by atoms with van der Waals surface area (Å²) in [5, 5.41) is 10.9. The van der Waals surface area contributed by atoms with E-state index in [4.69, 9.17) is 9.84 Å². The number of esters is 1. The van der Waals surface area contributed by atoms with Crippen LogP contribution in [0.5, 0.6) is 0 Å². The van der Waals surface area contributed by atoms with Crippen LogP contribution in [0.2, 0.25) is 0 Å². The number of carboxylic acid groups (broad SMARTS) is 1. The van der Waals surface area contributed by atoms with E-state index in [1.54, 1.807) is 6.92 Å². The van der Waals surface area contributed by atoms with Crippen molar-refractivity contribution in [2.75, 3.05) is 13.2 Å². The van der Waals surface area contributed by atoms with Crippen LogP contribution in [0.3, 0.4) is 0 Å². The predicted octanol–water partition coefficient (Wildman–Crippen LogP) is 0.248. The first kappa shape index (κ1) is 12.9. The van der Waals surface area contributed by atoms with Crippen LogP contribution in [0, 0.1) is 5.92 Å². The highest BCUT2D eigenvalue weighted by Crippen LogP contribution is 1.95. The minimum atomic E-state index is -0.992. The molecule has 0 heterocycles. The molecule has 0 saturated heterocycles. The van der Waals surface area contributed by atoms with Gasteiger partial charge in [0.05, 0.1) is 13.2 Å². The lowest BCUT2D eigenvalue weighted by Crippen LogP contribution is -2.38. The van der Waals surface area contributed by atoms with Crippen LogP contribution in [0.25, 0.3) is 0 Å². The van der Waals surface area contributed by atoms with Crippen molar-refractivity contribution in [1.82, 2.24) is 5.32 Å². The third kappa shape index (κ3) is 6.42. The summed E-state index contributed by atoms with van der Waals surface area (Å²) >= 11 is 0. The van der Waals surface area contributed by atoms with E-state index in [0.29, 0.717) is 6.61 Å². The van der Waals surface area contributed by atoms with Crippen LogP contribution < -0.4 is 5.32 Å². The summed E-state index contributed by atoms with van der Waals surface area (Å²) in [7, 11) is 0. The molecule has 1 atom stereocenters. The first-order chi connectivity index (χ1) is 6.43. The summed E-state index contributed by atoms with van der Waals surface area (Å²) in [6.07, 6.45) is 0. The lowest BCUT2D eigenvalue weighted by molar-refractivity contribution is -0.147. The number of hydrogen-bond acceptors (Lipinski definition) is 4. The van der Waals surface area contributed by atoms with Crippen LogP contribution in [0.4, 0.5) is 0 Å². The molecule has 0 aromatic heterocycles. The molecule has 0 aliphatic rings. The van der Waals surface area contributed by atoms with Crippen molar-refractivity contribution in [3.63, 3.8) is 0 Å². The Balaban J connectivity index is 3.70. The van der Waals surface area contributed by atoms with E-state index in [1.165, 1.54) is 0 Å². The van der Waals surface area contributed by atoms with Gasteiger partial charge in [-0.3, -0.25) is 14.9 Å². The normalized spacial score (nSPS) is 12.6. The lowest BCUT2D eigenvalue weighted by atomic mass is 10.2.